The summed E-state index contributed by atoms with van der Waals surface area (Å²) < 4.78 is 46.3. The number of nitro benzene ring substituents is 1. The molecule has 0 spiro atoms. The van der Waals surface area contributed by atoms with Gasteiger partial charge in [-0.2, -0.15) is 23.3 Å². The van der Waals surface area contributed by atoms with Gasteiger partial charge in [0, 0.05) is 12.1 Å². The highest BCUT2D eigenvalue weighted by atomic mass is 19.4. The Morgan fingerprint density at radius 2 is 1.62 bits per heavy atom. The van der Waals surface area contributed by atoms with Gasteiger partial charge < -0.3 is 4.74 Å². The van der Waals surface area contributed by atoms with Gasteiger partial charge in [-0.3, -0.25) is 14.9 Å². The molecule has 3 aromatic carbocycles. The lowest BCUT2D eigenvalue weighted by Crippen LogP contribution is -2.25. The number of anilines is 1. The molecule has 0 radical (unpaired) electrons. The second-order valence-corrected chi connectivity index (χ2v) is 7.24. The molecule has 10 heteroatoms. The van der Waals surface area contributed by atoms with Gasteiger partial charge in [0.25, 0.3) is 11.6 Å². The maximum atomic E-state index is 13.6. The van der Waals surface area contributed by atoms with Gasteiger partial charge in [-0.1, -0.05) is 30.3 Å². The number of carbonyl (C=O) groups excluding carboxylic acids is 1. The van der Waals surface area contributed by atoms with Crippen LogP contribution >= 0.6 is 0 Å². The summed E-state index contributed by atoms with van der Waals surface area (Å²) in [5.74, 6) is -0.439. The number of rotatable bonds is 6. The smallest absolute Gasteiger partial charge is 0.435 e. The topological polar surface area (TPSA) is 85.0 Å². The van der Waals surface area contributed by atoms with E-state index in [1.54, 1.807) is 42.5 Å². The summed E-state index contributed by atoms with van der Waals surface area (Å²) in [5, 5.41) is 15.0. The van der Waals surface area contributed by atoms with Gasteiger partial charge in [0.05, 0.1) is 16.2 Å². The number of halogens is 3. The number of nitro groups is 1. The maximum Gasteiger partial charge on any atom is 0.435 e. The number of para-hydroxylation sites is 1. The molecule has 7 nitrogen and oxygen atoms in total. The Balaban J connectivity index is 1.51. The summed E-state index contributed by atoms with van der Waals surface area (Å²) >= 11 is 0. The van der Waals surface area contributed by atoms with Crippen LogP contribution in [0.5, 0.6) is 5.75 Å². The van der Waals surface area contributed by atoms with Gasteiger partial charge in [-0.15, -0.1) is 0 Å². The van der Waals surface area contributed by atoms with Crippen LogP contribution in [0.15, 0.2) is 89.5 Å². The molecule has 0 unspecified atom stereocenters. The van der Waals surface area contributed by atoms with E-state index < -0.39 is 28.3 Å². The Labute approximate surface area is 191 Å². The predicted octanol–water partition coefficient (Wildman–Crippen LogP) is 5.52. The molecule has 0 fully saturated rings. The number of ether oxygens (including phenoxy) is 1. The van der Waals surface area contributed by atoms with Gasteiger partial charge in [-0.25, -0.2) is 0 Å². The Kier molecular flexibility index (Phi) is 6.13. The first-order chi connectivity index (χ1) is 16.2. The molecule has 0 aliphatic carbocycles. The van der Waals surface area contributed by atoms with E-state index in [0.29, 0.717) is 16.9 Å². The Morgan fingerprint density at radius 1 is 0.971 bits per heavy atom. The molecule has 0 bridgehead atoms. The van der Waals surface area contributed by atoms with Crippen LogP contribution < -0.4 is 9.75 Å². The molecule has 4 rings (SSSR count). The highest BCUT2D eigenvalue weighted by Crippen LogP contribution is 2.32. The first-order valence-electron chi connectivity index (χ1n) is 9.96. The number of hydrogen-bond donors (Lipinski definition) is 0. The molecule has 0 atom stereocenters. The van der Waals surface area contributed by atoms with E-state index in [1.807, 2.05) is 0 Å². The monoisotopic (exact) mass is 467 g/mol. The summed E-state index contributed by atoms with van der Waals surface area (Å²) in [7, 11) is 0. The van der Waals surface area contributed by atoms with Crippen molar-refractivity contribution in [3.8, 4) is 5.75 Å². The van der Waals surface area contributed by atoms with Gasteiger partial charge >= 0.3 is 6.18 Å². The van der Waals surface area contributed by atoms with E-state index in [4.69, 9.17) is 4.74 Å². The fourth-order valence-corrected chi connectivity index (χ4v) is 3.21. The van der Waals surface area contributed by atoms with Crippen LogP contribution in [0.3, 0.4) is 0 Å². The highest BCUT2D eigenvalue weighted by molar-refractivity contribution is 6.34. The molecule has 34 heavy (non-hydrogen) atoms. The molecule has 0 aromatic heterocycles. The van der Waals surface area contributed by atoms with Crippen LogP contribution in [-0.4, -0.2) is 22.7 Å². The second kappa shape index (κ2) is 9.18. The van der Waals surface area contributed by atoms with Crippen molar-refractivity contribution in [1.29, 1.82) is 0 Å². The van der Waals surface area contributed by atoms with Crippen molar-refractivity contribution in [3.63, 3.8) is 0 Å². The summed E-state index contributed by atoms with van der Waals surface area (Å²) in [6.45, 7) is 0.147. The van der Waals surface area contributed by atoms with E-state index in [0.717, 1.165) is 11.1 Å². The van der Waals surface area contributed by atoms with Crippen molar-refractivity contribution in [2.75, 3.05) is 5.01 Å². The summed E-state index contributed by atoms with van der Waals surface area (Å²) in [6.07, 6.45) is -3.67. The molecular formula is C24H16F3N3O4. The minimum atomic E-state index is -4.81. The van der Waals surface area contributed by atoms with Gasteiger partial charge in [0.15, 0.2) is 5.71 Å². The summed E-state index contributed by atoms with van der Waals surface area (Å²) in [6, 6.07) is 19.9. The third-order valence-electron chi connectivity index (χ3n) is 4.89. The van der Waals surface area contributed by atoms with Gasteiger partial charge in [0.1, 0.15) is 12.4 Å². The average molecular weight is 467 g/mol. The van der Waals surface area contributed by atoms with Crippen LogP contribution in [0.2, 0.25) is 0 Å². The van der Waals surface area contributed by atoms with Crippen molar-refractivity contribution in [2.24, 2.45) is 5.10 Å². The van der Waals surface area contributed by atoms with E-state index in [9.17, 15) is 28.1 Å². The molecule has 172 valence electrons. The number of hydrazone groups is 1. The Bertz CT molecular complexity index is 1270. The van der Waals surface area contributed by atoms with Crippen molar-refractivity contribution < 1.29 is 27.6 Å². The quantitative estimate of drug-likeness (QED) is 0.271. The second-order valence-electron chi connectivity index (χ2n) is 7.24. The highest BCUT2D eigenvalue weighted by Gasteiger charge is 2.46. The first kappa shape index (κ1) is 22.7. The zero-order chi connectivity index (χ0) is 24.3. The summed E-state index contributed by atoms with van der Waals surface area (Å²) in [5.41, 5.74) is -0.558. The van der Waals surface area contributed by atoms with Crippen molar-refractivity contribution in [2.45, 2.75) is 12.8 Å². The zero-order valence-corrected chi connectivity index (χ0v) is 17.4. The number of carbonyl (C=O) groups is 1. The van der Waals surface area contributed by atoms with Crippen LogP contribution in [0, 0.1) is 10.1 Å². The SMILES string of the molecule is O=C1/C(=C\c2ccc(OCc3ccc([N+](=O)[O-])cc3)cc2)C(C(F)(F)F)=NN1c1ccccc1. The number of alkyl halides is 3. The Morgan fingerprint density at radius 3 is 2.21 bits per heavy atom. The number of hydrogen-bond acceptors (Lipinski definition) is 5. The van der Waals surface area contributed by atoms with Crippen molar-refractivity contribution in [3.05, 3.63) is 106 Å². The van der Waals surface area contributed by atoms with Gasteiger partial charge in [0.2, 0.25) is 0 Å². The number of benzene rings is 3. The normalized spacial score (nSPS) is 14.9. The van der Waals surface area contributed by atoms with E-state index >= 15 is 0 Å². The lowest BCUT2D eigenvalue weighted by atomic mass is 10.1. The number of nitrogens with zero attached hydrogens (tertiary/aromatic N) is 3. The standard InChI is InChI=1S/C24H16F3N3O4/c25-24(26,27)22-21(23(31)29(28-22)18-4-2-1-3-5-18)14-16-8-12-20(13-9-16)34-15-17-6-10-19(11-7-17)30(32)33/h1-14H,15H2/b21-14-. The Hall–Kier alpha value is -4.47. The van der Waals surface area contributed by atoms with Crippen LogP contribution in [-0.2, 0) is 11.4 Å². The van der Waals surface area contributed by atoms with E-state index in [1.165, 1.54) is 36.4 Å². The third-order valence-corrected chi connectivity index (χ3v) is 4.89. The summed E-state index contributed by atoms with van der Waals surface area (Å²) in [4.78, 5) is 22.9. The lowest BCUT2D eigenvalue weighted by Gasteiger charge is -2.11. The average Bonchev–Trinajstić information content (AvgIpc) is 3.16. The molecular weight excluding hydrogens is 451 g/mol. The predicted molar refractivity (Wildman–Crippen MR) is 119 cm³/mol. The van der Waals surface area contributed by atoms with Crippen molar-refractivity contribution >= 4 is 29.1 Å². The molecule has 0 N–H and O–H groups in total. The number of non-ortho nitro benzene ring substituents is 1. The van der Waals surface area contributed by atoms with Crippen LogP contribution in [0.25, 0.3) is 6.08 Å². The first-order valence-corrected chi connectivity index (χ1v) is 9.96. The maximum absolute atomic E-state index is 13.6. The number of amides is 1. The molecule has 0 saturated heterocycles. The van der Waals surface area contributed by atoms with Crippen LogP contribution in [0.4, 0.5) is 24.5 Å². The largest absolute Gasteiger partial charge is 0.489 e. The third kappa shape index (κ3) is 4.96. The minimum absolute atomic E-state index is 0.0322. The van der Waals surface area contributed by atoms with E-state index in [-0.39, 0.29) is 18.0 Å². The molecule has 3 aromatic rings. The molecule has 0 saturated carbocycles. The molecule has 1 aliphatic rings. The fourth-order valence-electron chi connectivity index (χ4n) is 3.21. The van der Waals surface area contributed by atoms with E-state index in [2.05, 4.69) is 5.10 Å². The van der Waals surface area contributed by atoms with Gasteiger partial charge in [-0.05, 0) is 53.6 Å². The fraction of sp³-hybridized carbons (Fsp3) is 0.0833. The van der Waals surface area contributed by atoms with Crippen molar-refractivity contribution in [1.82, 2.24) is 0 Å². The molecule has 1 heterocycles. The molecule has 1 amide bonds. The molecule has 1 aliphatic heterocycles. The lowest BCUT2D eigenvalue weighted by molar-refractivity contribution is -0.384. The zero-order valence-electron chi connectivity index (χ0n) is 17.4. The van der Waals surface area contributed by atoms with Crippen LogP contribution in [0.1, 0.15) is 11.1 Å². The minimum Gasteiger partial charge on any atom is -0.489 e.